The lowest BCUT2D eigenvalue weighted by molar-refractivity contribution is 0.0961. The Bertz CT molecular complexity index is 1290. The van der Waals surface area contributed by atoms with E-state index in [9.17, 15) is 18.0 Å². The van der Waals surface area contributed by atoms with E-state index in [2.05, 4.69) is 10.6 Å². The van der Waals surface area contributed by atoms with Crippen LogP contribution >= 0.6 is 0 Å². The number of benzene rings is 3. The number of hydrogen-bond acceptors (Lipinski definition) is 4. The first kappa shape index (κ1) is 21.7. The first-order valence-electron chi connectivity index (χ1n) is 10.2. The number of fused-ring (bicyclic) bond motifs is 1. The molecule has 32 heavy (non-hydrogen) atoms. The van der Waals surface area contributed by atoms with Gasteiger partial charge in [-0.15, -0.1) is 0 Å². The Morgan fingerprint density at radius 1 is 0.844 bits per heavy atom. The molecule has 0 fully saturated rings. The fourth-order valence-corrected chi connectivity index (χ4v) is 5.17. The van der Waals surface area contributed by atoms with Crippen molar-refractivity contribution in [3.05, 3.63) is 95.1 Å². The Balaban J connectivity index is 1.54. The average Bonchev–Trinajstić information content (AvgIpc) is 2.83. The van der Waals surface area contributed by atoms with E-state index in [1.165, 1.54) is 23.5 Å². The zero-order valence-electron chi connectivity index (χ0n) is 17.5. The summed E-state index contributed by atoms with van der Waals surface area (Å²) in [4.78, 5) is 24.6. The highest BCUT2D eigenvalue weighted by atomic mass is 32.2. The molecule has 1 aliphatic rings. The van der Waals surface area contributed by atoms with Crippen LogP contribution in [0.5, 0.6) is 0 Å². The first-order valence-corrected chi connectivity index (χ1v) is 11.6. The van der Waals surface area contributed by atoms with Gasteiger partial charge in [0.1, 0.15) is 0 Å². The van der Waals surface area contributed by atoms with Gasteiger partial charge >= 0.3 is 0 Å². The SMILES string of the molecule is CNC(=O)c1cccc(NC(=O)c2cccc(S(=O)(=O)N3CCc4ccccc4C3)c2)c1. The fraction of sp³-hybridized carbons (Fsp3) is 0.167. The number of anilines is 1. The van der Waals surface area contributed by atoms with Crippen LogP contribution < -0.4 is 10.6 Å². The summed E-state index contributed by atoms with van der Waals surface area (Å²) in [5, 5.41) is 5.25. The number of nitrogens with one attached hydrogen (secondary N) is 2. The van der Waals surface area contributed by atoms with E-state index in [4.69, 9.17) is 0 Å². The molecule has 0 saturated heterocycles. The second-order valence-electron chi connectivity index (χ2n) is 7.50. The number of rotatable bonds is 5. The summed E-state index contributed by atoms with van der Waals surface area (Å²) in [5.74, 6) is -0.725. The van der Waals surface area contributed by atoms with E-state index in [1.807, 2.05) is 24.3 Å². The van der Waals surface area contributed by atoms with Gasteiger partial charge < -0.3 is 10.6 Å². The largest absolute Gasteiger partial charge is 0.355 e. The molecule has 7 nitrogen and oxygen atoms in total. The van der Waals surface area contributed by atoms with Crippen LogP contribution in [0.2, 0.25) is 0 Å². The second-order valence-corrected chi connectivity index (χ2v) is 9.44. The van der Waals surface area contributed by atoms with Crippen molar-refractivity contribution in [2.75, 3.05) is 18.9 Å². The van der Waals surface area contributed by atoms with E-state index in [-0.39, 0.29) is 16.4 Å². The van der Waals surface area contributed by atoms with Gasteiger partial charge in [0.15, 0.2) is 0 Å². The zero-order valence-corrected chi connectivity index (χ0v) is 18.4. The summed E-state index contributed by atoms with van der Waals surface area (Å²) in [6.45, 7) is 0.698. The van der Waals surface area contributed by atoms with Crippen molar-refractivity contribution in [2.24, 2.45) is 0 Å². The maximum atomic E-state index is 13.2. The minimum absolute atomic E-state index is 0.0728. The monoisotopic (exact) mass is 449 g/mol. The highest BCUT2D eigenvalue weighted by molar-refractivity contribution is 7.89. The van der Waals surface area contributed by atoms with Crippen molar-refractivity contribution >= 4 is 27.5 Å². The summed E-state index contributed by atoms with van der Waals surface area (Å²) in [6, 6.07) is 20.3. The highest BCUT2D eigenvalue weighted by Gasteiger charge is 2.28. The van der Waals surface area contributed by atoms with Crippen molar-refractivity contribution in [3.63, 3.8) is 0 Å². The Morgan fingerprint density at radius 2 is 1.53 bits per heavy atom. The van der Waals surface area contributed by atoms with Crippen molar-refractivity contribution in [1.82, 2.24) is 9.62 Å². The summed E-state index contributed by atoms with van der Waals surface area (Å²) in [7, 11) is -2.23. The zero-order chi connectivity index (χ0) is 22.7. The number of sulfonamides is 1. The lowest BCUT2D eigenvalue weighted by Crippen LogP contribution is -2.36. The molecule has 1 heterocycles. The molecule has 164 valence electrons. The summed E-state index contributed by atoms with van der Waals surface area (Å²) in [5.41, 5.74) is 3.22. The smallest absolute Gasteiger partial charge is 0.255 e. The lowest BCUT2D eigenvalue weighted by Gasteiger charge is -2.28. The van der Waals surface area contributed by atoms with Crippen LogP contribution in [0.25, 0.3) is 0 Å². The van der Waals surface area contributed by atoms with Gasteiger partial charge in [0.25, 0.3) is 11.8 Å². The predicted octanol–water partition coefficient (Wildman–Crippen LogP) is 3.05. The fourth-order valence-electron chi connectivity index (χ4n) is 3.71. The van der Waals surface area contributed by atoms with Gasteiger partial charge in [0, 0.05) is 37.0 Å². The molecule has 4 rings (SSSR count). The average molecular weight is 450 g/mol. The van der Waals surface area contributed by atoms with Gasteiger partial charge in [-0.1, -0.05) is 36.4 Å². The van der Waals surface area contributed by atoms with E-state index in [1.54, 1.807) is 36.4 Å². The summed E-state index contributed by atoms with van der Waals surface area (Å²) >= 11 is 0. The van der Waals surface area contributed by atoms with Crippen LogP contribution in [-0.2, 0) is 23.0 Å². The molecule has 2 amide bonds. The third-order valence-corrected chi connectivity index (χ3v) is 7.28. The van der Waals surface area contributed by atoms with Gasteiger partial charge in [-0.3, -0.25) is 9.59 Å². The highest BCUT2D eigenvalue weighted by Crippen LogP contribution is 2.25. The number of amides is 2. The molecule has 8 heteroatoms. The molecule has 0 bridgehead atoms. The molecule has 3 aromatic rings. The number of carbonyl (C=O) groups is 2. The molecule has 0 aliphatic carbocycles. The van der Waals surface area contributed by atoms with Crippen molar-refractivity contribution < 1.29 is 18.0 Å². The van der Waals surface area contributed by atoms with Crippen LogP contribution in [0.15, 0.2) is 77.7 Å². The quantitative estimate of drug-likeness (QED) is 0.626. The number of nitrogens with zero attached hydrogens (tertiary/aromatic N) is 1. The molecule has 0 aromatic heterocycles. The minimum atomic E-state index is -3.75. The van der Waals surface area contributed by atoms with E-state index in [0.717, 1.165) is 11.1 Å². The van der Waals surface area contributed by atoms with Crippen LogP contribution in [0.1, 0.15) is 31.8 Å². The molecular weight excluding hydrogens is 426 g/mol. The van der Waals surface area contributed by atoms with Crippen LogP contribution in [0.3, 0.4) is 0 Å². The molecule has 0 atom stereocenters. The Morgan fingerprint density at radius 3 is 2.28 bits per heavy atom. The van der Waals surface area contributed by atoms with E-state index >= 15 is 0 Å². The number of hydrogen-bond donors (Lipinski definition) is 2. The Kier molecular flexibility index (Phi) is 6.07. The van der Waals surface area contributed by atoms with Crippen LogP contribution in [0.4, 0.5) is 5.69 Å². The molecule has 1 aliphatic heterocycles. The maximum Gasteiger partial charge on any atom is 0.255 e. The molecule has 0 spiro atoms. The van der Waals surface area contributed by atoms with Crippen molar-refractivity contribution in [2.45, 2.75) is 17.9 Å². The van der Waals surface area contributed by atoms with Crippen molar-refractivity contribution in [1.29, 1.82) is 0 Å². The van der Waals surface area contributed by atoms with Gasteiger partial charge in [0.05, 0.1) is 4.90 Å². The summed E-state index contributed by atoms with van der Waals surface area (Å²) < 4.78 is 27.9. The Hall–Kier alpha value is -3.49. The van der Waals surface area contributed by atoms with Gasteiger partial charge in [-0.2, -0.15) is 4.31 Å². The maximum absolute atomic E-state index is 13.2. The summed E-state index contributed by atoms with van der Waals surface area (Å²) in [6.07, 6.45) is 0.650. The van der Waals surface area contributed by atoms with Crippen molar-refractivity contribution in [3.8, 4) is 0 Å². The molecule has 3 aromatic carbocycles. The molecule has 0 saturated carbocycles. The second kappa shape index (κ2) is 8.94. The molecule has 0 radical (unpaired) electrons. The van der Waals surface area contributed by atoms with Crippen LogP contribution in [-0.4, -0.2) is 38.1 Å². The number of carbonyl (C=O) groups excluding carboxylic acids is 2. The van der Waals surface area contributed by atoms with Gasteiger partial charge in [-0.05, 0) is 53.9 Å². The third-order valence-electron chi connectivity index (χ3n) is 5.44. The lowest BCUT2D eigenvalue weighted by atomic mass is 10.0. The van der Waals surface area contributed by atoms with E-state index < -0.39 is 15.9 Å². The topological polar surface area (TPSA) is 95.6 Å². The molecule has 0 unspecified atom stereocenters. The Labute approximate surface area is 187 Å². The molecule has 2 N–H and O–H groups in total. The minimum Gasteiger partial charge on any atom is -0.355 e. The van der Waals surface area contributed by atoms with E-state index in [0.29, 0.717) is 30.8 Å². The first-order chi connectivity index (χ1) is 15.4. The molecular formula is C24H23N3O4S. The normalized spacial score (nSPS) is 13.8. The van der Waals surface area contributed by atoms with Gasteiger partial charge in [-0.25, -0.2) is 8.42 Å². The predicted molar refractivity (Wildman–Crippen MR) is 122 cm³/mol. The van der Waals surface area contributed by atoms with Crippen LogP contribution in [0, 0.1) is 0 Å². The third kappa shape index (κ3) is 4.42. The van der Waals surface area contributed by atoms with Gasteiger partial charge in [0.2, 0.25) is 10.0 Å². The standard InChI is InChI=1S/C24H23N3O4S/c1-25-23(28)18-8-4-10-21(14-18)26-24(29)19-9-5-11-22(15-19)32(30,31)27-13-12-17-6-2-3-7-20(17)16-27/h2-11,14-15H,12-13,16H2,1H3,(H,25,28)(H,26,29).